The molecule has 1 rings (SSSR count). The third kappa shape index (κ3) is 7.59. The monoisotopic (exact) mass is 348 g/mol. The van der Waals surface area contributed by atoms with E-state index in [1.54, 1.807) is 13.8 Å². The summed E-state index contributed by atoms with van der Waals surface area (Å²) < 4.78 is 5.47. The first-order chi connectivity index (χ1) is 11.4. The van der Waals surface area contributed by atoms with Gasteiger partial charge in [0.25, 0.3) is 5.91 Å². The molecule has 5 nitrogen and oxygen atoms in total. The topological polar surface area (TPSA) is 67.4 Å². The SMILES string of the molecule is CC(C)C(=O)NNC(=O)COc1ccc(C(C)(C)CC(C)(C)C)cc1. The standard InChI is InChI=1S/C20H32N2O3/c1-14(2)18(24)22-21-17(23)12-25-16-10-8-15(9-11-16)20(6,7)13-19(3,4)5/h8-11,14H,12-13H2,1-7H3,(H,21,23)(H,22,24). The Bertz CT molecular complexity index is 584. The molecule has 0 aliphatic heterocycles. The highest BCUT2D eigenvalue weighted by Gasteiger charge is 2.27. The van der Waals surface area contributed by atoms with Gasteiger partial charge in [0, 0.05) is 5.92 Å². The van der Waals surface area contributed by atoms with E-state index in [0.717, 1.165) is 6.42 Å². The highest BCUT2D eigenvalue weighted by molar-refractivity contribution is 5.83. The van der Waals surface area contributed by atoms with Crippen molar-refractivity contribution in [2.75, 3.05) is 6.61 Å². The van der Waals surface area contributed by atoms with Crippen LogP contribution < -0.4 is 15.6 Å². The minimum Gasteiger partial charge on any atom is -0.484 e. The number of hydrazine groups is 1. The minimum atomic E-state index is -0.397. The predicted molar refractivity (Wildman–Crippen MR) is 100 cm³/mol. The van der Waals surface area contributed by atoms with Gasteiger partial charge in [0.05, 0.1) is 0 Å². The molecule has 0 spiro atoms. The van der Waals surface area contributed by atoms with E-state index < -0.39 is 5.91 Å². The molecule has 0 aromatic heterocycles. The summed E-state index contributed by atoms with van der Waals surface area (Å²) >= 11 is 0. The second kappa shape index (κ2) is 8.37. The zero-order chi connectivity index (χ0) is 19.3. The maximum atomic E-state index is 11.7. The lowest BCUT2D eigenvalue weighted by atomic mass is 9.72. The van der Waals surface area contributed by atoms with E-state index in [2.05, 4.69) is 45.5 Å². The number of rotatable bonds is 6. The highest BCUT2D eigenvalue weighted by Crippen LogP contribution is 2.36. The van der Waals surface area contributed by atoms with Gasteiger partial charge in [-0.25, -0.2) is 0 Å². The van der Waals surface area contributed by atoms with Gasteiger partial charge in [0.1, 0.15) is 5.75 Å². The molecule has 0 aliphatic rings. The zero-order valence-electron chi connectivity index (χ0n) is 16.5. The molecule has 0 bridgehead atoms. The number of nitrogens with one attached hydrogen (secondary N) is 2. The normalized spacial score (nSPS) is 12.0. The van der Waals surface area contributed by atoms with Crippen molar-refractivity contribution in [3.63, 3.8) is 0 Å². The van der Waals surface area contributed by atoms with Crippen LogP contribution in [0.3, 0.4) is 0 Å². The summed E-state index contributed by atoms with van der Waals surface area (Å²) in [6, 6.07) is 7.83. The first-order valence-electron chi connectivity index (χ1n) is 8.73. The Morgan fingerprint density at radius 1 is 1.00 bits per heavy atom. The summed E-state index contributed by atoms with van der Waals surface area (Å²) in [6.07, 6.45) is 1.07. The Labute approximate surface area is 151 Å². The van der Waals surface area contributed by atoms with Crippen molar-refractivity contribution in [3.05, 3.63) is 29.8 Å². The van der Waals surface area contributed by atoms with Crippen molar-refractivity contribution in [2.24, 2.45) is 11.3 Å². The van der Waals surface area contributed by atoms with Crippen LogP contribution in [-0.4, -0.2) is 18.4 Å². The van der Waals surface area contributed by atoms with Crippen molar-refractivity contribution in [1.82, 2.24) is 10.9 Å². The van der Waals surface area contributed by atoms with Crippen LogP contribution in [0, 0.1) is 11.3 Å². The van der Waals surface area contributed by atoms with E-state index in [1.165, 1.54) is 5.56 Å². The summed E-state index contributed by atoms with van der Waals surface area (Å²) in [7, 11) is 0. The van der Waals surface area contributed by atoms with Crippen molar-refractivity contribution < 1.29 is 14.3 Å². The molecule has 1 aromatic rings. The number of benzene rings is 1. The van der Waals surface area contributed by atoms with Crippen LogP contribution in [0.5, 0.6) is 5.75 Å². The molecule has 0 fully saturated rings. The quantitative estimate of drug-likeness (QED) is 0.772. The Kier molecular flexibility index (Phi) is 7.03. The molecule has 1 aromatic carbocycles. The Balaban J connectivity index is 2.54. The van der Waals surface area contributed by atoms with Gasteiger partial charge in [-0.05, 0) is 34.9 Å². The van der Waals surface area contributed by atoms with Gasteiger partial charge in [0.15, 0.2) is 6.61 Å². The summed E-state index contributed by atoms with van der Waals surface area (Å²) in [5.74, 6) is -0.198. The molecule has 0 saturated carbocycles. The summed E-state index contributed by atoms with van der Waals surface area (Å²) in [4.78, 5) is 23.1. The van der Waals surface area contributed by atoms with E-state index in [9.17, 15) is 9.59 Å². The number of carbonyl (C=O) groups is 2. The second-order valence-electron chi connectivity index (χ2n) is 8.63. The van der Waals surface area contributed by atoms with Crippen molar-refractivity contribution in [1.29, 1.82) is 0 Å². The molecular weight excluding hydrogens is 316 g/mol. The molecule has 5 heteroatoms. The smallest absolute Gasteiger partial charge is 0.276 e. The van der Waals surface area contributed by atoms with Crippen molar-refractivity contribution >= 4 is 11.8 Å². The molecule has 25 heavy (non-hydrogen) atoms. The Hall–Kier alpha value is -2.04. The fraction of sp³-hybridized carbons (Fsp3) is 0.600. The maximum absolute atomic E-state index is 11.7. The zero-order valence-corrected chi connectivity index (χ0v) is 16.5. The Morgan fingerprint density at radius 3 is 2.04 bits per heavy atom. The third-order valence-corrected chi connectivity index (χ3v) is 3.83. The van der Waals surface area contributed by atoms with Gasteiger partial charge < -0.3 is 4.74 Å². The first kappa shape index (κ1) is 21.0. The average molecular weight is 348 g/mol. The van der Waals surface area contributed by atoms with E-state index in [-0.39, 0.29) is 29.3 Å². The van der Waals surface area contributed by atoms with Gasteiger partial charge in [-0.15, -0.1) is 0 Å². The van der Waals surface area contributed by atoms with Gasteiger partial charge in [0.2, 0.25) is 5.91 Å². The second-order valence-corrected chi connectivity index (χ2v) is 8.63. The fourth-order valence-electron chi connectivity index (χ4n) is 2.89. The molecule has 0 aliphatic carbocycles. The first-order valence-corrected chi connectivity index (χ1v) is 8.73. The Morgan fingerprint density at radius 2 is 1.56 bits per heavy atom. The molecular formula is C20H32N2O3. The molecule has 0 atom stereocenters. The van der Waals surface area contributed by atoms with E-state index in [1.807, 2.05) is 24.3 Å². The lowest BCUT2D eigenvalue weighted by molar-refractivity contribution is -0.131. The van der Waals surface area contributed by atoms with Gasteiger partial charge in [-0.3, -0.25) is 20.4 Å². The highest BCUT2D eigenvalue weighted by atomic mass is 16.5. The van der Waals surface area contributed by atoms with Gasteiger partial charge in [-0.2, -0.15) is 0 Å². The molecule has 2 N–H and O–H groups in total. The van der Waals surface area contributed by atoms with E-state index in [0.29, 0.717) is 5.75 Å². The van der Waals surface area contributed by atoms with Crippen LogP contribution in [-0.2, 0) is 15.0 Å². The molecule has 0 radical (unpaired) electrons. The summed E-state index contributed by atoms with van der Waals surface area (Å²) in [5, 5.41) is 0. The van der Waals surface area contributed by atoms with Crippen LogP contribution in [0.4, 0.5) is 0 Å². The number of amides is 2. The lowest BCUT2D eigenvalue weighted by Gasteiger charge is -2.33. The van der Waals surface area contributed by atoms with Crippen LogP contribution in [0.2, 0.25) is 0 Å². The molecule has 140 valence electrons. The van der Waals surface area contributed by atoms with E-state index >= 15 is 0 Å². The molecule has 0 saturated heterocycles. The van der Waals surface area contributed by atoms with Crippen molar-refractivity contribution in [2.45, 2.75) is 60.3 Å². The number of hydrogen-bond donors (Lipinski definition) is 2. The van der Waals surface area contributed by atoms with E-state index in [4.69, 9.17) is 4.74 Å². The van der Waals surface area contributed by atoms with Gasteiger partial charge >= 0.3 is 0 Å². The average Bonchev–Trinajstić information content (AvgIpc) is 2.48. The van der Waals surface area contributed by atoms with Crippen LogP contribution in [0.15, 0.2) is 24.3 Å². The molecule has 0 unspecified atom stereocenters. The third-order valence-electron chi connectivity index (χ3n) is 3.83. The number of carbonyl (C=O) groups excluding carboxylic acids is 2. The summed E-state index contributed by atoms with van der Waals surface area (Å²) in [5.41, 5.74) is 6.23. The number of hydrogen-bond acceptors (Lipinski definition) is 3. The fourth-order valence-corrected chi connectivity index (χ4v) is 2.89. The maximum Gasteiger partial charge on any atom is 0.276 e. The predicted octanol–water partition coefficient (Wildman–Crippen LogP) is 3.58. The number of ether oxygens (including phenoxy) is 1. The summed E-state index contributed by atoms with van der Waals surface area (Å²) in [6.45, 7) is 14.5. The van der Waals surface area contributed by atoms with Crippen LogP contribution >= 0.6 is 0 Å². The van der Waals surface area contributed by atoms with Crippen LogP contribution in [0.1, 0.15) is 60.5 Å². The largest absolute Gasteiger partial charge is 0.484 e. The van der Waals surface area contributed by atoms with Crippen molar-refractivity contribution in [3.8, 4) is 5.75 Å². The van der Waals surface area contributed by atoms with Crippen LogP contribution in [0.25, 0.3) is 0 Å². The van der Waals surface area contributed by atoms with Gasteiger partial charge in [-0.1, -0.05) is 60.6 Å². The lowest BCUT2D eigenvalue weighted by Crippen LogP contribution is -2.45. The molecule has 2 amide bonds. The minimum absolute atomic E-state index is 0.0648. The molecule has 0 heterocycles.